The summed E-state index contributed by atoms with van der Waals surface area (Å²) in [5, 5.41) is 34.1. The first kappa shape index (κ1) is 28.1. The number of carbonyl (C=O) groups is 1. The van der Waals surface area contributed by atoms with Crippen LogP contribution in [0.1, 0.15) is 46.6 Å². The fourth-order valence-corrected chi connectivity index (χ4v) is 4.68. The molecular formula is C18H28ClN6O8PS. The average Bonchev–Trinajstić information content (AvgIpc) is 3.41. The molecule has 1 aliphatic rings. The Hall–Kier alpha value is -1.52. The predicted octanol–water partition coefficient (Wildman–Crippen LogP) is -0.106. The van der Waals surface area contributed by atoms with E-state index >= 15 is 0 Å². The zero-order valence-electron chi connectivity index (χ0n) is 19.0. The standard InChI is InChI=1S/C18H28ClN6O8PS/c1-3-10-14(19)25(9-33-34(29,30)31)15(21-10)16(27)22-11-4-5-20-6-12(11)32-7-13-23-24-17(35-13)18(2,28)8-26/h11-12,20,26,28H,3-9H2,1-2H3,(H,22,27)(H2,29,30,31)/t11-,12+,18?/m1/s1. The van der Waals surface area contributed by atoms with Crippen LogP contribution >= 0.6 is 30.8 Å². The summed E-state index contributed by atoms with van der Waals surface area (Å²) in [5.74, 6) is -0.740. The van der Waals surface area contributed by atoms with E-state index in [4.69, 9.17) is 26.1 Å². The highest BCUT2D eigenvalue weighted by molar-refractivity contribution is 7.46. The maximum Gasteiger partial charge on any atom is 0.471 e. The molecule has 6 N–H and O–H groups in total. The summed E-state index contributed by atoms with van der Waals surface area (Å²) >= 11 is 7.35. The number of ether oxygens (including phenoxy) is 1. The number of carbonyl (C=O) groups excluding carboxylic acids is 1. The smallest absolute Gasteiger partial charge is 0.393 e. The van der Waals surface area contributed by atoms with Crippen molar-refractivity contribution >= 4 is 36.7 Å². The van der Waals surface area contributed by atoms with Crippen molar-refractivity contribution in [3.8, 4) is 0 Å². The van der Waals surface area contributed by atoms with E-state index in [-0.39, 0.29) is 22.6 Å². The maximum atomic E-state index is 13.1. The number of nitrogens with zero attached hydrogens (tertiary/aromatic N) is 4. The maximum absolute atomic E-state index is 13.1. The zero-order valence-corrected chi connectivity index (χ0v) is 21.5. The first-order valence-electron chi connectivity index (χ1n) is 10.7. The van der Waals surface area contributed by atoms with E-state index in [0.717, 1.165) is 15.9 Å². The molecule has 35 heavy (non-hydrogen) atoms. The molecule has 0 spiro atoms. The summed E-state index contributed by atoms with van der Waals surface area (Å²) in [4.78, 5) is 35.3. The SMILES string of the molecule is CCc1nc(C(=O)N[C@@H]2CCNC[C@@H]2OCc2nnc(C(C)(O)CO)s2)n(COP(=O)(O)O)c1Cl. The van der Waals surface area contributed by atoms with Gasteiger partial charge in [0, 0.05) is 6.54 Å². The Bertz CT molecular complexity index is 1080. The topological polar surface area (TPSA) is 201 Å². The Labute approximate surface area is 209 Å². The van der Waals surface area contributed by atoms with Crippen molar-refractivity contribution in [2.24, 2.45) is 0 Å². The Balaban J connectivity index is 1.69. The van der Waals surface area contributed by atoms with Gasteiger partial charge in [-0.2, -0.15) is 0 Å². The fourth-order valence-electron chi connectivity index (χ4n) is 3.31. The molecule has 3 rings (SSSR count). The van der Waals surface area contributed by atoms with Crippen LogP contribution in [-0.2, 0) is 39.2 Å². The van der Waals surface area contributed by atoms with Crippen molar-refractivity contribution in [2.45, 2.75) is 57.8 Å². The molecule has 0 aromatic carbocycles. The molecule has 0 bridgehead atoms. The molecule has 0 radical (unpaired) electrons. The monoisotopic (exact) mass is 554 g/mol. The molecular weight excluding hydrogens is 527 g/mol. The van der Waals surface area contributed by atoms with Crippen molar-refractivity contribution in [3.63, 3.8) is 0 Å². The molecule has 1 saturated heterocycles. The van der Waals surface area contributed by atoms with Crippen LogP contribution in [0.4, 0.5) is 0 Å². The number of aromatic nitrogens is 4. The van der Waals surface area contributed by atoms with Gasteiger partial charge in [-0.1, -0.05) is 29.9 Å². The third-order valence-corrected chi connectivity index (χ3v) is 7.29. The van der Waals surface area contributed by atoms with Crippen LogP contribution in [0.5, 0.6) is 0 Å². The highest BCUT2D eigenvalue weighted by Gasteiger charge is 2.31. The number of rotatable bonds is 11. The van der Waals surface area contributed by atoms with E-state index < -0.39 is 44.8 Å². The largest absolute Gasteiger partial charge is 0.471 e. The van der Waals surface area contributed by atoms with Gasteiger partial charge in [-0.15, -0.1) is 10.2 Å². The van der Waals surface area contributed by atoms with Crippen LogP contribution in [0.2, 0.25) is 5.15 Å². The van der Waals surface area contributed by atoms with Crippen LogP contribution in [0.3, 0.4) is 0 Å². The minimum absolute atomic E-state index is 0.0510. The molecule has 2 aromatic rings. The molecule has 3 atom stereocenters. The van der Waals surface area contributed by atoms with Gasteiger partial charge >= 0.3 is 7.82 Å². The molecule has 1 aliphatic heterocycles. The second kappa shape index (κ2) is 11.7. The number of phosphoric acid groups is 1. The lowest BCUT2D eigenvalue weighted by Crippen LogP contribution is -2.54. The predicted molar refractivity (Wildman–Crippen MR) is 124 cm³/mol. The van der Waals surface area contributed by atoms with Gasteiger partial charge in [0.25, 0.3) is 5.91 Å². The second-order valence-corrected chi connectivity index (χ2v) is 10.7. The number of piperidine rings is 1. The summed E-state index contributed by atoms with van der Waals surface area (Å²) < 4.78 is 22.7. The number of halogens is 1. The Morgan fingerprint density at radius 3 is 2.83 bits per heavy atom. The Morgan fingerprint density at radius 1 is 1.43 bits per heavy atom. The van der Waals surface area contributed by atoms with Gasteiger partial charge in [0.1, 0.15) is 29.1 Å². The number of nitrogens with one attached hydrogen (secondary N) is 2. The average molecular weight is 555 g/mol. The van der Waals surface area contributed by atoms with Crippen molar-refractivity contribution in [3.05, 3.63) is 26.7 Å². The lowest BCUT2D eigenvalue weighted by Gasteiger charge is -2.32. The molecule has 196 valence electrons. The molecule has 17 heteroatoms. The van der Waals surface area contributed by atoms with Gasteiger partial charge < -0.3 is 35.4 Å². The first-order valence-corrected chi connectivity index (χ1v) is 13.4. The van der Waals surface area contributed by atoms with E-state index in [0.29, 0.717) is 36.6 Å². The third kappa shape index (κ3) is 7.26. The number of aryl methyl sites for hydroxylation is 1. The van der Waals surface area contributed by atoms with Crippen LogP contribution in [0, 0.1) is 0 Å². The van der Waals surface area contributed by atoms with Crippen LogP contribution in [0.25, 0.3) is 0 Å². The molecule has 0 aliphatic carbocycles. The lowest BCUT2D eigenvalue weighted by atomic mass is 10.0. The summed E-state index contributed by atoms with van der Waals surface area (Å²) in [6.07, 6.45) is 0.508. The molecule has 0 saturated carbocycles. The summed E-state index contributed by atoms with van der Waals surface area (Å²) in [5.41, 5.74) is -1.11. The van der Waals surface area contributed by atoms with E-state index in [1.165, 1.54) is 6.92 Å². The number of aliphatic hydroxyl groups is 2. The molecule has 3 heterocycles. The molecule has 1 amide bonds. The van der Waals surface area contributed by atoms with Gasteiger partial charge in [-0.25, -0.2) is 9.55 Å². The normalized spacial score (nSPS) is 20.5. The van der Waals surface area contributed by atoms with Gasteiger partial charge in [0.15, 0.2) is 5.01 Å². The minimum atomic E-state index is -4.80. The van der Waals surface area contributed by atoms with Gasteiger partial charge in [-0.3, -0.25) is 13.9 Å². The van der Waals surface area contributed by atoms with E-state index in [1.54, 1.807) is 6.92 Å². The Morgan fingerprint density at radius 2 is 2.17 bits per heavy atom. The second-order valence-electron chi connectivity index (χ2n) is 8.06. The number of amides is 1. The molecule has 1 unspecified atom stereocenters. The number of imidazole rings is 1. The zero-order chi connectivity index (χ0) is 25.8. The summed E-state index contributed by atoms with van der Waals surface area (Å²) in [6.45, 7) is 3.21. The highest BCUT2D eigenvalue weighted by Crippen LogP contribution is 2.37. The van der Waals surface area contributed by atoms with Gasteiger partial charge in [-0.05, 0) is 26.3 Å². The molecule has 2 aromatic heterocycles. The van der Waals surface area contributed by atoms with Crippen LogP contribution in [-0.4, -0.2) is 77.5 Å². The number of aliphatic hydroxyl groups excluding tert-OH is 1. The van der Waals surface area contributed by atoms with Crippen LogP contribution < -0.4 is 10.6 Å². The molecule has 1 fully saturated rings. The number of phosphoric ester groups is 1. The third-order valence-electron chi connectivity index (χ3n) is 5.26. The minimum Gasteiger partial charge on any atom is -0.393 e. The van der Waals surface area contributed by atoms with Crippen LogP contribution in [0.15, 0.2) is 0 Å². The first-order chi connectivity index (χ1) is 16.4. The fraction of sp³-hybridized carbons (Fsp3) is 0.667. The van der Waals surface area contributed by atoms with Crippen molar-refractivity contribution in [1.29, 1.82) is 0 Å². The van der Waals surface area contributed by atoms with E-state index in [2.05, 4.69) is 30.3 Å². The van der Waals surface area contributed by atoms with E-state index in [1.807, 2.05) is 0 Å². The van der Waals surface area contributed by atoms with E-state index in [9.17, 15) is 19.6 Å². The Kier molecular flexibility index (Phi) is 9.37. The van der Waals surface area contributed by atoms with Crippen molar-refractivity contribution in [2.75, 3.05) is 19.7 Å². The quantitative estimate of drug-likeness (QED) is 0.202. The lowest BCUT2D eigenvalue weighted by molar-refractivity contribution is -0.00299. The summed E-state index contributed by atoms with van der Waals surface area (Å²) in [7, 11) is -4.80. The van der Waals surface area contributed by atoms with Gasteiger partial charge in [0.05, 0.1) is 24.4 Å². The number of hydrogen-bond acceptors (Lipinski definition) is 11. The van der Waals surface area contributed by atoms with Gasteiger partial charge in [0.2, 0.25) is 5.82 Å². The highest BCUT2D eigenvalue weighted by atomic mass is 35.5. The van der Waals surface area contributed by atoms with Crippen molar-refractivity contribution in [1.82, 2.24) is 30.4 Å². The molecule has 14 nitrogen and oxygen atoms in total. The van der Waals surface area contributed by atoms with Crippen molar-refractivity contribution < 1.29 is 38.6 Å². The number of hydrogen-bond donors (Lipinski definition) is 6. The summed E-state index contributed by atoms with van der Waals surface area (Å²) in [6, 6.07) is -0.409.